The van der Waals surface area contributed by atoms with Crippen LogP contribution in [0.15, 0.2) is 42.5 Å². The second-order valence-electron chi connectivity index (χ2n) is 4.01. The molecule has 0 amide bonds. The molecule has 94 valence electrons. The Labute approximate surface area is 112 Å². The van der Waals surface area contributed by atoms with Gasteiger partial charge in [0.2, 0.25) is 0 Å². The zero-order valence-electron chi connectivity index (χ0n) is 10.4. The molecule has 0 radical (unpaired) electrons. The molecular weight excluding hydrogens is 248 g/mol. The van der Waals surface area contributed by atoms with Crippen molar-refractivity contribution in [2.75, 3.05) is 7.11 Å². The maximum atomic E-state index is 5.86. The van der Waals surface area contributed by atoms with Crippen molar-refractivity contribution in [3.63, 3.8) is 0 Å². The molecule has 0 atom stereocenters. The Hall–Kier alpha value is -1.67. The molecule has 0 unspecified atom stereocenters. The average molecular weight is 263 g/mol. The van der Waals surface area contributed by atoms with Gasteiger partial charge in [0.25, 0.3) is 0 Å². The molecule has 0 saturated heterocycles. The summed E-state index contributed by atoms with van der Waals surface area (Å²) in [7, 11) is 1.64. The first kappa shape index (κ1) is 12.8. The number of benzene rings is 2. The summed E-state index contributed by atoms with van der Waals surface area (Å²) in [6.07, 6.45) is 0. The second kappa shape index (κ2) is 5.78. The van der Waals surface area contributed by atoms with E-state index in [2.05, 4.69) is 0 Å². The summed E-state index contributed by atoms with van der Waals surface area (Å²) in [6.45, 7) is 2.01. The molecule has 0 fully saturated rings. The number of methoxy groups -OCH3 is 1. The third kappa shape index (κ3) is 2.96. The highest BCUT2D eigenvalue weighted by molar-refractivity contribution is 6.17. The van der Waals surface area contributed by atoms with Gasteiger partial charge in [0.05, 0.1) is 7.11 Å². The van der Waals surface area contributed by atoms with Gasteiger partial charge in [-0.2, -0.15) is 0 Å². The molecule has 0 saturated carbocycles. The van der Waals surface area contributed by atoms with Crippen LogP contribution >= 0.6 is 11.6 Å². The summed E-state index contributed by atoms with van der Waals surface area (Å²) in [5, 5.41) is 0. The van der Waals surface area contributed by atoms with Crippen molar-refractivity contribution in [3.05, 3.63) is 53.6 Å². The molecule has 0 spiro atoms. The summed E-state index contributed by atoms with van der Waals surface area (Å²) in [4.78, 5) is 0. The molecule has 0 N–H and O–H groups in total. The Morgan fingerprint density at radius 3 is 2.56 bits per heavy atom. The average Bonchev–Trinajstić information content (AvgIpc) is 2.41. The predicted molar refractivity (Wildman–Crippen MR) is 73.8 cm³/mol. The molecule has 2 aromatic rings. The summed E-state index contributed by atoms with van der Waals surface area (Å²) >= 11 is 5.83. The summed E-state index contributed by atoms with van der Waals surface area (Å²) in [5.41, 5.74) is 2.12. The fraction of sp³-hybridized carbons (Fsp3) is 0.200. The van der Waals surface area contributed by atoms with Crippen LogP contribution in [-0.2, 0) is 5.88 Å². The molecule has 0 aliphatic rings. The molecule has 2 rings (SSSR count). The standard InChI is InChI=1S/C15H15ClO2/c1-11-6-7-12(10-16)8-15(11)18-14-5-3-4-13(9-14)17-2/h3-9H,10H2,1-2H3. The van der Waals surface area contributed by atoms with Crippen molar-refractivity contribution in [1.29, 1.82) is 0 Å². The number of hydrogen-bond donors (Lipinski definition) is 0. The van der Waals surface area contributed by atoms with E-state index in [9.17, 15) is 0 Å². The molecule has 2 aromatic carbocycles. The van der Waals surface area contributed by atoms with Crippen molar-refractivity contribution in [1.82, 2.24) is 0 Å². The van der Waals surface area contributed by atoms with E-state index in [4.69, 9.17) is 21.1 Å². The third-order valence-electron chi connectivity index (χ3n) is 2.68. The molecule has 0 aliphatic heterocycles. The highest BCUT2D eigenvalue weighted by Gasteiger charge is 2.04. The second-order valence-corrected chi connectivity index (χ2v) is 4.28. The topological polar surface area (TPSA) is 18.5 Å². The number of halogens is 1. The highest BCUT2D eigenvalue weighted by Crippen LogP contribution is 2.28. The van der Waals surface area contributed by atoms with Gasteiger partial charge >= 0.3 is 0 Å². The fourth-order valence-corrected chi connectivity index (χ4v) is 1.80. The fourth-order valence-electron chi connectivity index (χ4n) is 1.63. The highest BCUT2D eigenvalue weighted by atomic mass is 35.5. The number of hydrogen-bond acceptors (Lipinski definition) is 2. The van der Waals surface area contributed by atoms with E-state index in [-0.39, 0.29) is 0 Å². The van der Waals surface area contributed by atoms with Crippen molar-refractivity contribution in [2.45, 2.75) is 12.8 Å². The van der Waals surface area contributed by atoms with E-state index in [1.54, 1.807) is 7.11 Å². The van der Waals surface area contributed by atoms with Gasteiger partial charge in [-0.05, 0) is 36.2 Å². The van der Waals surface area contributed by atoms with Crippen LogP contribution in [0.3, 0.4) is 0 Å². The van der Waals surface area contributed by atoms with Gasteiger partial charge in [-0.25, -0.2) is 0 Å². The third-order valence-corrected chi connectivity index (χ3v) is 2.98. The first-order valence-electron chi connectivity index (χ1n) is 5.70. The Kier molecular flexibility index (Phi) is 4.11. The summed E-state index contributed by atoms with van der Waals surface area (Å²) < 4.78 is 11.0. The van der Waals surface area contributed by atoms with E-state index in [0.717, 1.165) is 28.4 Å². The smallest absolute Gasteiger partial charge is 0.131 e. The largest absolute Gasteiger partial charge is 0.497 e. The Morgan fingerprint density at radius 1 is 1.06 bits per heavy atom. The number of rotatable bonds is 4. The minimum atomic E-state index is 0.481. The van der Waals surface area contributed by atoms with Gasteiger partial charge in [-0.15, -0.1) is 11.6 Å². The number of alkyl halides is 1. The molecule has 0 aromatic heterocycles. The zero-order chi connectivity index (χ0) is 13.0. The van der Waals surface area contributed by atoms with Crippen LogP contribution in [0.4, 0.5) is 0 Å². The van der Waals surface area contributed by atoms with Crippen molar-refractivity contribution in [3.8, 4) is 17.2 Å². The van der Waals surface area contributed by atoms with Crippen LogP contribution in [0.5, 0.6) is 17.2 Å². The van der Waals surface area contributed by atoms with Crippen LogP contribution in [0.1, 0.15) is 11.1 Å². The minimum Gasteiger partial charge on any atom is -0.497 e. The van der Waals surface area contributed by atoms with Crippen molar-refractivity contribution < 1.29 is 9.47 Å². The maximum Gasteiger partial charge on any atom is 0.131 e. The normalized spacial score (nSPS) is 10.2. The molecule has 0 aliphatic carbocycles. The number of ether oxygens (including phenoxy) is 2. The lowest BCUT2D eigenvalue weighted by molar-refractivity contribution is 0.409. The van der Waals surface area contributed by atoms with E-state index in [0.29, 0.717) is 5.88 Å². The zero-order valence-corrected chi connectivity index (χ0v) is 11.2. The minimum absolute atomic E-state index is 0.481. The molecular formula is C15H15ClO2. The monoisotopic (exact) mass is 262 g/mol. The maximum absolute atomic E-state index is 5.86. The van der Waals surface area contributed by atoms with E-state index < -0.39 is 0 Å². The Balaban J connectivity index is 2.27. The number of aryl methyl sites for hydroxylation is 1. The van der Waals surface area contributed by atoms with E-state index in [1.807, 2.05) is 49.4 Å². The quantitative estimate of drug-likeness (QED) is 0.754. The molecule has 18 heavy (non-hydrogen) atoms. The molecule has 0 heterocycles. The van der Waals surface area contributed by atoms with Gasteiger partial charge in [0.1, 0.15) is 17.2 Å². The van der Waals surface area contributed by atoms with Crippen LogP contribution in [0.2, 0.25) is 0 Å². The van der Waals surface area contributed by atoms with Crippen LogP contribution in [0.25, 0.3) is 0 Å². The lowest BCUT2D eigenvalue weighted by Crippen LogP contribution is -1.90. The van der Waals surface area contributed by atoms with Gasteiger partial charge in [0.15, 0.2) is 0 Å². The van der Waals surface area contributed by atoms with Crippen molar-refractivity contribution >= 4 is 11.6 Å². The van der Waals surface area contributed by atoms with E-state index >= 15 is 0 Å². The molecule has 0 bridgehead atoms. The first-order valence-corrected chi connectivity index (χ1v) is 6.24. The van der Waals surface area contributed by atoms with Gasteiger partial charge < -0.3 is 9.47 Å². The molecule has 2 nitrogen and oxygen atoms in total. The summed E-state index contributed by atoms with van der Waals surface area (Å²) in [5.74, 6) is 2.83. The molecule has 3 heteroatoms. The van der Waals surface area contributed by atoms with Crippen molar-refractivity contribution in [2.24, 2.45) is 0 Å². The van der Waals surface area contributed by atoms with Crippen LogP contribution in [-0.4, -0.2) is 7.11 Å². The van der Waals surface area contributed by atoms with Gasteiger partial charge in [0, 0.05) is 11.9 Å². The van der Waals surface area contributed by atoms with Gasteiger partial charge in [-0.3, -0.25) is 0 Å². The van der Waals surface area contributed by atoms with Crippen LogP contribution in [0, 0.1) is 6.92 Å². The lowest BCUT2D eigenvalue weighted by atomic mass is 10.1. The Morgan fingerprint density at radius 2 is 1.83 bits per heavy atom. The predicted octanol–water partition coefficient (Wildman–Crippen LogP) is 4.53. The van der Waals surface area contributed by atoms with E-state index in [1.165, 1.54) is 0 Å². The Bertz CT molecular complexity index is 538. The summed E-state index contributed by atoms with van der Waals surface area (Å²) in [6, 6.07) is 13.5. The van der Waals surface area contributed by atoms with Gasteiger partial charge in [-0.1, -0.05) is 18.2 Å². The first-order chi connectivity index (χ1) is 8.72. The SMILES string of the molecule is COc1cccc(Oc2cc(CCl)ccc2C)c1. The van der Waals surface area contributed by atoms with Crippen LogP contribution < -0.4 is 9.47 Å². The lowest BCUT2D eigenvalue weighted by Gasteiger charge is -2.10.